The molecular weight excluding hydrogens is 328 g/mol. The van der Waals surface area contributed by atoms with Crippen LogP contribution in [-0.4, -0.2) is 20.4 Å². The van der Waals surface area contributed by atoms with Gasteiger partial charge in [0.25, 0.3) is 0 Å². The second kappa shape index (κ2) is 5.91. The Balaban J connectivity index is 1.69. The van der Waals surface area contributed by atoms with Gasteiger partial charge in [0, 0.05) is 24.1 Å². The molecule has 0 bridgehead atoms. The molecule has 3 N–H and O–H groups in total. The number of amides is 1. The molecule has 0 spiro atoms. The zero-order valence-corrected chi connectivity index (χ0v) is 14.9. The van der Waals surface area contributed by atoms with Crippen LogP contribution in [0.25, 0.3) is 21.9 Å². The molecule has 0 atom stereocenters. The fourth-order valence-electron chi connectivity index (χ4n) is 3.49. The molecule has 2 heterocycles. The number of nitrogens with one attached hydrogen (secondary N) is 3. The molecule has 2 aromatic heterocycles. The third-order valence-electron chi connectivity index (χ3n) is 4.93. The van der Waals surface area contributed by atoms with E-state index >= 15 is 0 Å². The van der Waals surface area contributed by atoms with Crippen molar-refractivity contribution in [2.75, 3.05) is 5.32 Å². The summed E-state index contributed by atoms with van der Waals surface area (Å²) in [6.07, 6.45) is 2.26. The Morgan fingerprint density at radius 2 is 1.96 bits per heavy atom. The molecule has 0 aliphatic rings. The van der Waals surface area contributed by atoms with Crippen LogP contribution in [0.5, 0.6) is 0 Å². The van der Waals surface area contributed by atoms with Crippen LogP contribution in [0.2, 0.25) is 0 Å². The number of aromatic nitrogens is 3. The van der Waals surface area contributed by atoms with Crippen molar-refractivity contribution >= 4 is 33.5 Å². The molecule has 6 heteroatoms. The van der Waals surface area contributed by atoms with Crippen molar-refractivity contribution in [1.82, 2.24) is 14.5 Å². The number of hydrogen-bond acceptors (Lipinski definition) is 2. The highest BCUT2D eigenvalue weighted by atomic mass is 16.2. The van der Waals surface area contributed by atoms with Crippen LogP contribution in [0.3, 0.4) is 0 Å². The van der Waals surface area contributed by atoms with Crippen molar-refractivity contribution in [3.8, 4) is 0 Å². The lowest BCUT2D eigenvalue weighted by Crippen LogP contribution is -2.16. The summed E-state index contributed by atoms with van der Waals surface area (Å²) in [6, 6.07) is 9.93. The lowest BCUT2D eigenvalue weighted by atomic mass is 10.1. The predicted octanol–water partition coefficient (Wildman–Crippen LogP) is 3.15. The van der Waals surface area contributed by atoms with E-state index in [9.17, 15) is 9.59 Å². The fraction of sp³-hybridized carbons (Fsp3) is 0.200. The summed E-state index contributed by atoms with van der Waals surface area (Å²) in [5.74, 6) is -0.113. The van der Waals surface area contributed by atoms with Crippen LogP contribution < -0.4 is 11.0 Å². The topological polar surface area (TPSA) is 82.7 Å². The Hall–Kier alpha value is -3.28. The third kappa shape index (κ3) is 2.60. The average molecular weight is 348 g/mol. The molecule has 26 heavy (non-hydrogen) atoms. The van der Waals surface area contributed by atoms with Crippen molar-refractivity contribution in [3.05, 3.63) is 63.7 Å². The van der Waals surface area contributed by atoms with Gasteiger partial charge < -0.3 is 19.9 Å². The summed E-state index contributed by atoms with van der Waals surface area (Å²) in [5.41, 5.74) is 5.72. The summed E-state index contributed by atoms with van der Waals surface area (Å²) in [6.45, 7) is 3.90. The predicted molar refractivity (Wildman–Crippen MR) is 104 cm³/mol. The van der Waals surface area contributed by atoms with E-state index < -0.39 is 0 Å². The number of rotatable bonds is 3. The molecule has 4 aromatic rings. The number of nitrogens with zero attached hydrogens (tertiary/aromatic N) is 1. The average Bonchev–Trinajstić information content (AvgIpc) is 3.12. The zero-order chi connectivity index (χ0) is 18.4. The van der Waals surface area contributed by atoms with Gasteiger partial charge in [-0.1, -0.05) is 18.2 Å². The summed E-state index contributed by atoms with van der Waals surface area (Å²) >= 11 is 0. The largest absolute Gasteiger partial charge is 0.350 e. The van der Waals surface area contributed by atoms with Gasteiger partial charge in [-0.2, -0.15) is 0 Å². The molecule has 0 saturated carbocycles. The number of hydrogen-bond donors (Lipinski definition) is 3. The van der Waals surface area contributed by atoms with Crippen molar-refractivity contribution in [3.63, 3.8) is 0 Å². The van der Waals surface area contributed by atoms with Gasteiger partial charge in [0.2, 0.25) is 5.91 Å². The number of aromatic amines is 2. The zero-order valence-electron chi connectivity index (χ0n) is 14.9. The van der Waals surface area contributed by atoms with E-state index in [4.69, 9.17) is 0 Å². The maximum atomic E-state index is 12.7. The minimum Gasteiger partial charge on any atom is -0.350 e. The van der Waals surface area contributed by atoms with Crippen LogP contribution >= 0.6 is 0 Å². The molecule has 0 aliphatic carbocycles. The summed E-state index contributed by atoms with van der Waals surface area (Å²) in [4.78, 5) is 29.9. The number of anilines is 1. The van der Waals surface area contributed by atoms with Crippen LogP contribution in [0, 0.1) is 13.8 Å². The van der Waals surface area contributed by atoms with Crippen LogP contribution in [0.4, 0.5) is 5.69 Å². The lowest BCUT2D eigenvalue weighted by Gasteiger charge is -2.12. The molecule has 0 unspecified atom stereocenters. The van der Waals surface area contributed by atoms with Crippen molar-refractivity contribution in [2.24, 2.45) is 7.05 Å². The number of fused-ring (bicyclic) bond motifs is 2. The molecule has 4 rings (SSSR count). The van der Waals surface area contributed by atoms with Crippen molar-refractivity contribution in [2.45, 2.75) is 20.3 Å². The highest BCUT2D eigenvalue weighted by molar-refractivity contribution is 6.03. The number of benzene rings is 2. The van der Waals surface area contributed by atoms with Gasteiger partial charge in [-0.05, 0) is 42.7 Å². The quantitative estimate of drug-likeness (QED) is 0.531. The molecule has 2 aromatic carbocycles. The Bertz CT molecular complexity index is 1210. The minimum atomic E-state index is -0.283. The molecule has 0 radical (unpaired) electrons. The Labute approximate surface area is 149 Å². The number of carbonyl (C=O) groups excluding carboxylic acids is 1. The monoisotopic (exact) mass is 348 g/mol. The van der Waals surface area contributed by atoms with Crippen LogP contribution in [0.1, 0.15) is 16.7 Å². The summed E-state index contributed by atoms with van der Waals surface area (Å²) in [5, 5.41) is 4.07. The third-order valence-corrected chi connectivity index (χ3v) is 4.93. The van der Waals surface area contributed by atoms with Crippen LogP contribution in [-0.2, 0) is 18.3 Å². The van der Waals surface area contributed by atoms with Crippen molar-refractivity contribution in [1.29, 1.82) is 0 Å². The molecule has 1 amide bonds. The van der Waals surface area contributed by atoms with Gasteiger partial charge in [-0.3, -0.25) is 4.79 Å². The van der Waals surface area contributed by atoms with Gasteiger partial charge >= 0.3 is 5.69 Å². The minimum absolute atomic E-state index is 0.113. The van der Waals surface area contributed by atoms with E-state index in [1.807, 2.05) is 62.0 Å². The van der Waals surface area contributed by atoms with E-state index in [1.165, 1.54) is 0 Å². The van der Waals surface area contributed by atoms with Gasteiger partial charge in [0.1, 0.15) is 0 Å². The first-order chi connectivity index (χ1) is 12.4. The first-order valence-electron chi connectivity index (χ1n) is 8.49. The molecule has 0 aliphatic heterocycles. The number of H-pyrrole nitrogens is 2. The highest BCUT2D eigenvalue weighted by Gasteiger charge is 2.15. The van der Waals surface area contributed by atoms with E-state index in [-0.39, 0.29) is 18.0 Å². The van der Waals surface area contributed by atoms with Gasteiger partial charge in [0.05, 0.1) is 23.1 Å². The number of imidazole rings is 1. The summed E-state index contributed by atoms with van der Waals surface area (Å²) < 4.78 is 2.03. The van der Waals surface area contributed by atoms with E-state index in [1.54, 1.807) is 0 Å². The normalized spacial score (nSPS) is 11.3. The van der Waals surface area contributed by atoms with Gasteiger partial charge in [-0.25, -0.2) is 4.79 Å². The van der Waals surface area contributed by atoms with Crippen molar-refractivity contribution < 1.29 is 4.79 Å². The number of aryl methyl sites for hydroxylation is 2. The molecule has 0 saturated heterocycles. The van der Waals surface area contributed by atoms with Gasteiger partial charge in [0.15, 0.2) is 0 Å². The first kappa shape index (κ1) is 16.2. The second-order valence-corrected chi connectivity index (χ2v) is 6.70. The maximum Gasteiger partial charge on any atom is 0.323 e. The highest BCUT2D eigenvalue weighted by Crippen LogP contribution is 2.27. The standard InChI is InChI=1S/C20H20N4O2/c1-11-8-15-19(23-20(26)21-15)18(12(11)2)22-17(25)9-13-10-24(3)16-7-5-4-6-14(13)16/h4-8,10H,9H2,1-3H3,(H,22,25)(H2,21,23,26). The Morgan fingerprint density at radius 3 is 2.77 bits per heavy atom. The second-order valence-electron chi connectivity index (χ2n) is 6.70. The van der Waals surface area contributed by atoms with E-state index in [2.05, 4.69) is 15.3 Å². The molecular formula is C20H20N4O2. The molecule has 0 fully saturated rings. The van der Waals surface area contributed by atoms with Crippen LogP contribution in [0.15, 0.2) is 41.3 Å². The fourth-order valence-corrected chi connectivity index (χ4v) is 3.49. The van der Waals surface area contributed by atoms with E-state index in [0.29, 0.717) is 16.7 Å². The van der Waals surface area contributed by atoms with E-state index in [0.717, 1.165) is 27.6 Å². The SMILES string of the molecule is Cc1cc2[nH]c(=O)[nH]c2c(NC(=O)Cc2cn(C)c3ccccc23)c1C. The first-order valence-corrected chi connectivity index (χ1v) is 8.49. The maximum absolute atomic E-state index is 12.7. The summed E-state index contributed by atoms with van der Waals surface area (Å²) in [7, 11) is 1.97. The lowest BCUT2D eigenvalue weighted by molar-refractivity contribution is -0.115. The molecule has 132 valence electrons. The Kier molecular flexibility index (Phi) is 3.68. The Morgan fingerprint density at radius 1 is 1.19 bits per heavy atom. The number of carbonyl (C=O) groups is 1. The van der Waals surface area contributed by atoms with Gasteiger partial charge in [-0.15, -0.1) is 0 Å². The number of para-hydroxylation sites is 1. The smallest absolute Gasteiger partial charge is 0.323 e. The molecule has 6 nitrogen and oxygen atoms in total.